The molecule has 65 heavy (non-hydrogen) atoms. The third-order valence-electron chi connectivity index (χ3n) is 13.7. The molecule has 0 saturated heterocycles. The summed E-state index contributed by atoms with van der Waals surface area (Å²) in [5, 5.41) is 8.70. The van der Waals surface area contributed by atoms with Crippen molar-refractivity contribution in [3.05, 3.63) is 231 Å². The molecule has 14 rings (SSSR count). The molecule has 10 aromatic carbocycles. The average Bonchev–Trinajstić information content (AvgIpc) is 4.02. The Morgan fingerprint density at radius 2 is 0.769 bits per heavy atom. The van der Waals surface area contributed by atoms with E-state index in [0.717, 1.165) is 27.9 Å². The number of para-hydroxylation sites is 5. The molecule has 0 bridgehead atoms. The van der Waals surface area contributed by atoms with Crippen LogP contribution < -0.4 is 0 Å². The second-order valence-electron chi connectivity index (χ2n) is 17.1. The molecular weight excluding hydrogens is 789 g/mol. The van der Waals surface area contributed by atoms with Gasteiger partial charge in [-0.05, 0) is 117 Å². The van der Waals surface area contributed by atoms with Gasteiger partial charge in [0, 0.05) is 43.9 Å². The molecular formula is C61H38N4. The molecule has 0 aliphatic heterocycles. The van der Waals surface area contributed by atoms with Gasteiger partial charge in [0.2, 0.25) is 0 Å². The predicted molar refractivity (Wildman–Crippen MR) is 273 cm³/mol. The van der Waals surface area contributed by atoms with E-state index in [2.05, 4.69) is 238 Å². The van der Waals surface area contributed by atoms with E-state index in [1.54, 1.807) is 0 Å². The lowest BCUT2D eigenvalue weighted by Crippen LogP contribution is -1.94. The Morgan fingerprint density at radius 3 is 1.42 bits per heavy atom. The van der Waals surface area contributed by atoms with Gasteiger partial charge in [-0.1, -0.05) is 146 Å². The highest BCUT2D eigenvalue weighted by atomic mass is 15.0. The number of hydrogen-bond donors (Lipinski definition) is 0. The van der Waals surface area contributed by atoms with Crippen molar-refractivity contribution in [2.75, 3.05) is 0 Å². The summed E-state index contributed by atoms with van der Waals surface area (Å²) < 4.78 is 7.17. The Balaban J connectivity index is 0.858. The van der Waals surface area contributed by atoms with E-state index in [9.17, 15) is 0 Å². The van der Waals surface area contributed by atoms with Crippen LogP contribution in [-0.2, 0) is 0 Å². The maximum atomic E-state index is 4.88. The summed E-state index contributed by atoms with van der Waals surface area (Å²) in [5.41, 5.74) is 18.7. The van der Waals surface area contributed by atoms with Gasteiger partial charge in [-0.25, -0.2) is 0 Å². The zero-order chi connectivity index (χ0) is 42.6. The van der Waals surface area contributed by atoms with Crippen LogP contribution in [0.3, 0.4) is 0 Å². The molecule has 0 atom stereocenters. The maximum Gasteiger partial charge on any atom is 0.0871 e. The van der Waals surface area contributed by atoms with Crippen LogP contribution in [-0.4, -0.2) is 18.5 Å². The molecule has 14 aromatic rings. The van der Waals surface area contributed by atoms with Crippen molar-refractivity contribution in [3.63, 3.8) is 0 Å². The van der Waals surface area contributed by atoms with Gasteiger partial charge in [0.1, 0.15) is 0 Å². The van der Waals surface area contributed by atoms with Crippen molar-refractivity contribution >= 4 is 81.8 Å². The van der Waals surface area contributed by atoms with Gasteiger partial charge in [0.15, 0.2) is 0 Å². The van der Waals surface area contributed by atoms with E-state index in [1.807, 2.05) is 6.20 Å². The second kappa shape index (κ2) is 13.9. The number of hydrogen-bond acceptors (Lipinski definition) is 1. The van der Waals surface area contributed by atoms with Gasteiger partial charge in [-0.2, -0.15) is 0 Å². The molecule has 0 saturated carbocycles. The Bertz CT molecular complexity index is 4220. The van der Waals surface area contributed by atoms with E-state index in [1.165, 1.54) is 98.7 Å². The van der Waals surface area contributed by atoms with Crippen molar-refractivity contribution in [1.82, 2.24) is 18.5 Å². The molecule has 0 aliphatic rings. The van der Waals surface area contributed by atoms with Crippen LogP contribution in [0.2, 0.25) is 0 Å². The zero-order valence-electron chi connectivity index (χ0n) is 35.2. The third-order valence-corrected chi connectivity index (χ3v) is 13.7. The zero-order valence-corrected chi connectivity index (χ0v) is 35.2. The topological polar surface area (TPSA) is 27.2 Å². The van der Waals surface area contributed by atoms with Gasteiger partial charge in [0.25, 0.3) is 0 Å². The number of nitrogens with zero attached hydrogens (tertiary/aromatic N) is 4. The van der Waals surface area contributed by atoms with Crippen molar-refractivity contribution in [1.29, 1.82) is 0 Å². The summed E-state index contributed by atoms with van der Waals surface area (Å²) in [6.45, 7) is 0. The van der Waals surface area contributed by atoms with Gasteiger partial charge < -0.3 is 13.5 Å². The Labute approximate surface area is 374 Å². The van der Waals surface area contributed by atoms with E-state index < -0.39 is 0 Å². The lowest BCUT2D eigenvalue weighted by atomic mass is 9.98. The van der Waals surface area contributed by atoms with Crippen LogP contribution in [0.15, 0.2) is 231 Å². The first kappa shape index (κ1) is 35.8. The third kappa shape index (κ3) is 5.35. The Hall–Kier alpha value is -8.73. The predicted octanol–water partition coefficient (Wildman–Crippen LogP) is 16.0. The number of aromatic nitrogens is 4. The van der Waals surface area contributed by atoms with Crippen LogP contribution in [0.1, 0.15) is 0 Å². The minimum absolute atomic E-state index is 0.987. The van der Waals surface area contributed by atoms with E-state index in [0.29, 0.717) is 0 Å². The first-order valence-electron chi connectivity index (χ1n) is 22.3. The fourth-order valence-corrected chi connectivity index (χ4v) is 10.7. The monoisotopic (exact) mass is 826 g/mol. The molecule has 0 spiro atoms. The first-order valence-corrected chi connectivity index (χ1v) is 22.3. The number of benzene rings is 10. The van der Waals surface area contributed by atoms with Crippen LogP contribution in [0.25, 0.3) is 127 Å². The van der Waals surface area contributed by atoms with Crippen LogP contribution in [0.5, 0.6) is 0 Å². The quantitative estimate of drug-likeness (QED) is 0.170. The molecule has 4 heteroatoms. The Kier molecular flexibility index (Phi) is 7.65. The minimum atomic E-state index is 0.987. The lowest BCUT2D eigenvalue weighted by Gasteiger charge is -2.11. The van der Waals surface area contributed by atoms with Crippen LogP contribution >= 0.6 is 0 Å². The highest BCUT2D eigenvalue weighted by Gasteiger charge is 2.19. The fraction of sp³-hybridized carbons (Fsp3) is 0. The van der Waals surface area contributed by atoms with E-state index >= 15 is 0 Å². The van der Waals surface area contributed by atoms with Crippen molar-refractivity contribution in [3.8, 4) is 44.8 Å². The summed E-state index contributed by atoms with van der Waals surface area (Å²) in [6.07, 6.45) is 2.03. The molecule has 4 aromatic heterocycles. The maximum absolute atomic E-state index is 4.88. The highest BCUT2D eigenvalue weighted by molar-refractivity contribution is 6.13. The molecule has 0 amide bonds. The molecule has 0 aliphatic carbocycles. The standard InChI is InChI=1S/C61H38N4/c1-2-14-46-39(12-1)13-11-18-47(46)40-24-30-44(31-25-40)63-54-20-7-3-15-48(54)51-36-42(28-34-57(51)63)43-29-35-58-52(37-43)49-16-4-8-21-55(49)64(58)45-32-26-41(27-33-45)61-50-17-5-9-22-56(50)65-59-23-10-6-19-53(59)62-38-60(61)65/h1-38H. The molecule has 0 radical (unpaired) electrons. The first-order chi connectivity index (χ1) is 32.2. The largest absolute Gasteiger partial charge is 0.309 e. The van der Waals surface area contributed by atoms with E-state index in [-0.39, 0.29) is 0 Å². The van der Waals surface area contributed by atoms with Crippen molar-refractivity contribution in [2.45, 2.75) is 0 Å². The summed E-state index contributed by atoms with van der Waals surface area (Å²) in [6, 6.07) is 81.9. The fourth-order valence-electron chi connectivity index (χ4n) is 10.7. The lowest BCUT2D eigenvalue weighted by molar-refractivity contribution is 1.18. The van der Waals surface area contributed by atoms with Gasteiger partial charge in [0.05, 0.1) is 50.3 Å². The van der Waals surface area contributed by atoms with Gasteiger partial charge >= 0.3 is 0 Å². The van der Waals surface area contributed by atoms with Crippen molar-refractivity contribution < 1.29 is 0 Å². The molecule has 0 N–H and O–H groups in total. The molecule has 4 heterocycles. The Morgan fingerprint density at radius 1 is 0.292 bits per heavy atom. The van der Waals surface area contributed by atoms with Crippen molar-refractivity contribution in [2.24, 2.45) is 0 Å². The molecule has 302 valence electrons. The number of fused-ring (bicyclic) bond motifs is 12. The average molecular weight is 827 g/mol. The summed E-state index contributed by atoms with van der Waals surface area (Å²) >= 11 is 0. The second-order valence-corrected chi connectivity index (χ2v) is 17.1. The van der Waals surface area contributed by atoms with E-state index in [4.69, 9.17) is 4.98 Å². The highest BCUT2D eigenvalue weighted by Crippen LogP contribution is 2.41. The summed E-state index contributed by atoms with van der Waals surface area (Å²) in [5.74, 6) is 0. The molecule has 4 nitrogen and oxygen atoms in total. The SMILES string of the molecule is c1ccc2c(-c3ccc(-n4c5ccccc5c5cc(-c6ccc7c(c6)c6ccccc6n7-c6ccc(-c7c8ccccc8n8c7cnc7ccccc78)cc6)ccc54)cc3)cccc2c1. The van der Waals surface area contributed by atoms with Crippen LogP contribution in [0.4, 0.5) is 0 Å². The molecule has 0 unspecified atom stereocenters. The smallest absolute Gasteiger partial charge is 0.0871 e. The van der Waals surface area contributed by atoms with Gasteiger partial charge in [-0.3, -0.25) is 4.98 Å². The minimum Gasteiger partial charge on any atom is -0.309 e. The number of rotatable bonds is 5. The molecule has 0 fully saturated rings. The normalized spacial score (nSPS) is 12.0. The van der Waals surface area contributed by atoms with Gasteiger partial charge in [-0.15, -0.1) is 0 Å². The summed E-state index contributed by atoms with van der Waals surface area (Å²) in [4.78, 5) is 4.88. The van der Waals surface area contributed by atoms with Crippen LogP contribution in [0, 0.1) is 0 Å². The summed E-state index contributed by atoms with van der Waals surface area (Å²) in [7, 11) is 0.